The van der Waals surface area contributed by atoms with Crippen molar-refractivity contribution in [2.45, 2.75) is 26.8 Å². The van der Waals surface area contributed by atoms with Crippen LogP contribution in [0.4, 0.5) is 11.4 Å². The number of carbonyl (C=O) groups excluding carboxylic acids is 2. The maximum atomic E-state index is 11.9. The van der Waals surface area contributed by atoms with Crippen molar-refractivity contribution in [3.63, 3.8) is 0 Å². The van der Waals surface area contributed by atoms with E-state index in [-0.39, 0.29) is 11.8 Å². The lowest BCUT2D eigenvalue weighted by Crippen LogP contribution is -2.21. The fourth-order valence-electron chi connectivity index (χ4n) is 2.30. The molecule has 0 saturated carbocycles. The van der Waals surface area contributed by atoms with Crippen LogP contribution < -0.4 is 16.0 Å². The van der Waals surface area contributed by atoms with Crippen LogP contribution in [-0.2, 0) is 16.1 Å². The van der Waals surface area contributed by atoms with E-state index in [0.29, 0.717) is 24.3 Å². The second-order valence-electron chi connectivity index (χ2n) is 5.66. The second kappa shape index (κ2) is 8.84. The van der Waals surface area contributed by atoms with Gasteiger partial charge in [0.2, 0.25) is 11.8 Å². The average molecular weight is 325 g/mol. The monoisotopic (exact) mass is 325 g/mol. The summed E-state index contributed by atoms with van der Waals surface area (Å²) < 4.78 is 0. The van der Waals surface area contributed by atoms with Crippen molar-refractivity contribution < 1.29 is 9.59 Å². The number of benzene rings is 2. The van der Waals surface area contributed by atoms with E-state index in [9.17, 15) is 9.59 Å². The molecule has 0 atom stereocenters. The molecule has 2 amide bonds. The number of anilines is 2. The first-order valence-corrected chi connectivity index (χ1v) is 7.97. The molecule has 0 aliphatic carbocycles. The zero-order valence-electron chi connectivity index (χ0n) is 14.1. The zero-order valence-corrected chi connectivity index (χ0v) is 14.1. The Morgan fingerprint density at radius 2 is 1.54 bits per heavy atom. The first-order chi connectivity index (χ1) is 11.5. The lowest BCUT2D eigenvalue weighted by Gasteiger charge is -2.09. The van der Waals surface area contributed by atoms with Crippen molar-refractivity contribution >= 4 is 23.2 Å². The molecular formula is C19H23N3O2. The molecule has 2 aromatic carbocycles. The van der Waals surface area contributed by atoms with Gasteiger partial charge in [-0.1, -0.05) is 24.3 Å². The highest BCUT2D eigenvalue weighted by Gasteiger charge is 2.03. The molecule has 5 heteroatoms. The summed E-state index contributed by atoms with van der Waals surface area (Å²) in [7, 11) is 0. The Morgan fingerprint density at radius 3 is 2.17 bits per heavy atom. The predicted octanol–water partition coefficient (Wildman–Crippen LogP) is 3.07. The average Bonchev–Trinajstić information content (AvgIpc) is 2.54. The molecule has 2 rings (SSSR count). The molecule has 0 heterocycles. The molecule has 0 aliphatic rings. The molecule has 5 nitrogen and oxygen atoms in total. The number of hydrogen-bond acceptors (Lipinski definition) is 3. The minimum Gasteiger partial charge on any atom is -0.326 e. The van der Waals surface area contributed by atoms with E-state index < -0.39 is 0 Å². The fraction of sp³-hybridized carbons (Fsp3) is 0.263. The Morgan fingerprint density at radius 1 is 0.917 bits per heavy atom. The highest BCUT2D eigenvalue weighted by Crippen LogP contribution is 2.13. The van der Waals surface area contributed by atoms with Gasteiger partial charge in [-0.3, -0.25) is 9.59 Å². The molecule has 2 aromatic rings. The smallest absolute Gasteiger partial charge is 0.225 e. The van der Waals surface area contributed by atoms with Crippen LogP contribution in [0.1, 0.15) is 24.5 Å². The van der Waals surface area contributed by atoms with E-state index in [1.165, 1.54) is 18.1 Å². The highest BCUT2D eigenvalue weighted by molar-refractivity contribution is 5.92. The van der Waals surface area contributed by atoms with Crippen molar-refractivity contribution in [2.24, 2.45) is 0 Å². The Hall–Kier alpha value is -2.66. The maximum absolute atomic E-state index is 11.9. The van der Waals surface area contributed by atoms with E-state index in [4.69, 9.17) is 0 Å². The van der Waals surface area contributed by atoms with Crippen LogP contribution >= 0.6 is 0 Å². The van der Waals surface area contributed by atoms with Crippen molar-refractivity contribution in [3.05, 3.63) is 59.7 Å². The first kappa shape index (κ1) is 17.7. The van der Waals surface area contributed by atoms with Crippen LogP contribution in [0, 0.1) is 6.92 Å². The third-order valence-electron chi connectivity index (χ3n) is 3.59. The standard InChI is InChI=1S/C19H23N3O2/c1-14-5-3-4-6-16(14)13-20-12-11-19(24)22-18-9-7-17(8-10-18)21-15(2)23/h3-10,20H,11-13H2,1-2H3,(H,21,23)(H,22,24). The molecule has 0 unspecified atom stereocenters. The SMILES string of the molecule is CC(=O)Nc1ccc(NC(=O)CCNCc2ccccc2C)cc1. The van der Waals surface area contributed by atoms with Gasteiger partial charge in [-0.15, -0.1) is 0 Å². The van der Waals surface area contributed by atoms with Crippen molar-refractivity contribution in [3.8, 4) is 0 Å². The van der Waals surface area contributed by atoms with Crippen LogP contribution in [-0.4, -0.2) is 18.4 Å². The number of rotatable bonds is 7. The Bertz CT molecular complexity index is 696. The third-order valence-corrected chi connectivity index (χ3v) is 3.59. The Balaban J connectivity index is 1.71. The summed E-state index contributed by atoms with van der Waals surface area (Å²) in [6.45, 7) is 4.91. The predicted molar refractivity (Wildman–Crippen MR) is 96.9 cm³/mol. The van der Waals surface area contributed by atoms with Crippen LogP contribution in [0.3, 0.4) is 0 Å². The van der Waals surface area contributed by atoms with Gasteiger partial charge in [-0.2, -0.15) is 0 Å². The lowest BCUT2D eigenvalue weighted by atomic mass is 10.1. The van der Waals surface area contributed by atoms with Crippen LogP contribution in [0.25, 0.3) is 0 Å². The van der Waals surface area contributed by atoms with Gasteiger partial charge < -0.3 is 16.0 Å². The molecule has 0 radical (unpaired) electrons. The van der Waals surface area contributed by atoms with E-state index in [1.807, 2.05) is 12.1 Å². The molecule has 0 fully saturated rings. The molecule has 0 aliphatic heterocycles. The highest BCUT2D eigenvalue weighted by atomic mass is 16.2. The maximum Gasteiger partial charge on any atom is 0.225 e. The Kier molecular flexibility index (Phi) is 6.51. The quantitative estimate of drug-likeness (QED) is 0.685. The zero-order chi connectivity index (χ0) is 17.4. The van der Waals surface area contributed by atoms with Gasteiger partial charge in [0, 0.05) is 37.8 Å². The molecular weight excluding hydrogens is 302 g/mol. The molecule has 3 N–H and O–H groups in total. The number of amides is 2. The summed E-state index contributed by atoms with van der Waals surface area (Å²) in [5, 5.41) is 8.81. The number of aryl methyl sites for hydroxylation is 1. The first-order valence-electron chi connectivity index (χ1n) is 7.97. The fourth-order valence-corrected chi connectivity index (χ4v) is 2.30. The van der Waals surface area contributed by atoms with Crippen LogP contribution in [0.5, 0.6) is 0 Å². The van der Waals surface area contributed by atoms with Gasteiger partial charge in [0.1, 0.15) is 0 Å². The topological polar surface area (TPSA) is 70.2 Å². The molecule has 0 aromatic heterocycles. The third kappa shape index (κ3) is 5.85. The summed E-state index contributed by atoms with van der Waals surface area (Å²) in [6.07, 6.45) is 0.402. The van der Waals surface area contributed by atoms with E-state index >= 15 is 0 Å². The molecule has 0 bridgehead atoms. The van der Waals surface area contributed by atoms with Crippen molar-refractivity contribution in [1.29, 1.82) is 0 Å². The van der Waals surface area contributed by atoms with E-state index in [1.54, 1.807) is 24.3 Å². The summed E-state index contributed by atoms with van der Waals surface area (Å²) in [5.41, 5.74) is 3.91. The largest absolute Gasteiger partial charge is 0.326 e. The normalized spacial score (nSPS) is 10.2. The molecule has 126 valence electrons. The van der Waals surface area contributed by atoms with Crippen LogP contribution in [0.15, 0.2) is 48.5 Å². The van der Waals surface area contributed by atoms with Gasteiger partial charge in [0.15, 0.2) is 0 Å². The van der Waals surface area contributed by atoms with Crippen molar-refractivity contribution in [1.82, 2.24) is 5.32 Å². The molecule has 24 heavy (non-hydrogen) atoms. The summed E-state index contributed by atoms with van der Waals surface area (Å²) in [6, 6.07) is 15.2. The second-order valence-corrected chi connectivity index (χ2v) is 5.66. The number of nitrogens with one attached hydrogen (secondary N) is 3. The molecule has 0 spiro atoms. The molecule has 0 saturated heterocycles. The van der Waals surface area contributed by atoms with E-state index in [0.717, 1.165) is 6.54 Å². The number of carbonyl (C=O) groups is 2. The van der Waals surface area contributed by atoms with E-state index in [2.05, 4.69) is 35.0 Å². The minimum absolute atomic E-state index is 0.0421. The van der Waals surface area contributed by atoms with Gasteiger partial charge >= 0.3 is 0 Å². The van der Waals surface area contributed by atoms with Gasteiger partial charge in [0.05, 0.1) is 0 Å². The Labute approximate surface area is 142 Å². The van der Waals surface area contributed by atoms with Crippen LogP contribution in [0.2, 0.25) is 0 Å². The van der Waals surface area contributed by atoms with Gasteiger partial charge in [0.25, 0.3) is 0 Å². The summed E-state index contributed by atoms with van der Waals surface area (Å²) in [5.74, 6) is -0.161. The van der Waals surface area contributed by atoms with Gasteiger partial charge in [-0.25, -0.2) is 0 Å². The number of hydrogen-bond donors (Lipinski definition) is 3. The van der Waals surface area contributed by atoms with Gasteiger partial charge in [-0.05, 0) is 42.3 Å². The lowest BCUT2D eigenvalue weighted by molar-refractivity contribution is -0.116. The minimum atomic E-state index is -0.119. The summed E-state index contributed by atoms with van der Waals surface area (Å²) >= 11 is 0. The van der Waals surface area contributed by atoms with Crippen molar-refractivity contribution in [2.75, 3.05) is 17.2 Å². The summed E-state index contributed by atoms with van der Waals surface area (Å²) in [4.78, 5) is 22.9.